The molecule has 7 N–H and O–H groups in total. The number of aromatic nitrogens is 2. The lowest BCUT2D eigenvalue weighted by Gasteiger charge is -2.38. The first-order valence-electron chi connectivity index (χ1n) is 14.2. The fraction of sp³-hybridized carbons (Fsp3) is 0.242. The van der Waals surface area contributed by atoms with Gasteiger partial charge in [-0.15, -0.1) is 0 Å². The Morgan fingerprint density at radius 2 is 1.22 bits per heavy atom. The van der Waals surface area contributed by atoms with Gasteiger partial charge in [-0.05, 0) is 43.3 Å². The zero-order chi connectivity index (χ0) is 32.4. The van der Waals surface area contributed by atoms with Crippen LogP contribution in [0.4, 0.5) is 0 Å². The number of hydrogen-bond acceptors (Lipinski definition) is 9. The zero-order valence-electron chi connectivity index (χ0n) is 24.4. The summed E-state index contributed by atoms with van der Waals surface area (Å²) in [7, 11) is 0. The standard InChI is InChI=1S/C33H35N5O7/c1-21(40)29(37-31(43)23-13-7-3-8-14-23)33(45,38-32(44)24-15-9-4-10-16-24)28-19-34-25(18-35-28)17-27(41)26(20-39)36-30(42)22-11-5-2-6-12-22/h2-16,18-19,21,26-27,29,39-41,45H,17,20H2,1H3,(H,36,42)(H,37,43)(H,38,44)/t21-,26+,27-,29+,33?/m0/s1. The van der Waals surface area contributed by atoms with E-state index in [1.54, 1.807) is 78.9 Å². The van der Waals surface area contributed by atoms with E-state index in [2.05, 4.69) is 25.9 Å². The molecule has 3 amide bonds. The summed E-state index contributed by atoms with van der Waals surface area (Å²) in [4.78, 5) is 47.4. The molecule has 3 aromatic carbocycles. The average molecular weight is 614 g/mol. The average Bonchev–Trinajstić information content (AvgIpc) is 3.07. The van der Waals surface area contributed by atoms with Crippen LogP contribution in [0.2, 0.25) is 0 Å². The number of aliphatic hydroxyl groups is 4. The Labute approximate surface area is 259 Å². The minimum Gasteiger partial charge on any atom is -0.394 e. The molecule has 12 heteroatoms. The molecular weight excluding hydrogens is 578 g/mol. The maximum absolute atomic E-state index is 13.2. The number of carbonyl (C=O) groups is 3. The largest absolute Gasteiger partial charge is 0.394 e. The van der Waals surface area contributed by atoms with Gasteiger partial charge >= 0.3 is 0 Å². The van der Waals surface area contributed by atoms with Crippen molar-refractivity contribution in [2.45, 2.75) is 43.4 Å². The topological polar surface area (TPSA) is 194 Å². The van der Waals surface area contributed by atoms with Crippen LogP contribution in [0.25, 0.3) is 0 Å². The highest BCUT2D eigenvalue weighted by molar-refractivity contribution is 5.96. The van der Waals surface area contributed by atoms with Gasteiger partial charge in [0.25, 0.3) is 17.7 Å². The van der Waals surface area contributed by atoms with Gasteiger partial charge in [-0.1, -0.05) is 54.6 Å². The van der Waals surface area contributed by atoms with E-state index in [0.717, 1.165) is 6.20 Å². The quantitative estimate of drug-likeness (QED) is 0.107. The van der Waals surface area contributed by atoms with Gasteiger partial charge < -0.3 is 36.4 Å². The summed E-state index contributed by atoms with van der Waals surface area (Å²) in [6, 6.07) is 22.0. The monoisotopic (exact) mass is 613 g/mol. The van der Waals surface area contributed by atoms with Gasteiger partial charge in [0.15, 0.2) is 0 Å². The van der Waals surface area contributed by atoms with Crippen LogP contribution in [0.5, 0.6) is 0 Å². The van der Waals surface area contributed by atoms with Crippen molar-refractivity contribution in [1.82, 2.24) is 25.9 Å². The Hall–Kier alpha value is -5.01. The van der Waals surface area contributed by atoms with Crippen LogP contribution in [0.15, 0.2) is 103 Å². The highest BCUT2D eigenvalue weighted by atomic mass is 16.3. The number of aliphatic hydroxyl groups excluding tert-OH is 3. The molecule has 0 saturated carbocycles. The van der Waals surface area contributed by atoms with Crippen LogP contribution in [-0.4, -0.2) is 79.0 Å². The van der Waals surface area contributed by atoms with Gasteiger partial charge in [-0.25, -0.2) is 0 Å². The van der Waals surface area contributed by atoms with E-state index in [0.29, 0.717) is 5.56 Å². The molecule has 0 spiro atoms. The minimum absolute atomic E-state index is 0.132. The van der Waals surface area contributed by atoms with Gasteiger partial charge in [0.2, 0.25) is 5.72 Å². The van der Waals surface area contributed by atoms with Crippen LogP contribution in [-0.2, 0) is 12.1 Å². The minimum atomic E-state index is -2.45. The molecule has 1 heterocycles. The molecule has 12 nitrogen and oxygen atoms in total. The van der Waals surface area contributed by atoms with E-state index in [4.69, 9.17) is 0 Å². The Kier molecular flexibility index (Phi) is 11.1. The Morgan fingerprint density at radius 3 is 1.67 bits per heavy atom. The van der Waals surface area contributed by atoms with Crippen molar-refractivity contribution >= 4 is 17.7 Å². The number of hydrogen-bond donors (Lipinski definition) is 7. The molecule has 0 saturated heterocycles. The molecule has 0 fully saturated rings. The second kappa shape index (κ2) is 15.1. The maximum Gasteiger partial charge on any atom is 0.253 e. The first-order chi connectivity index (χ1) is 21.6. The van der Waals surface area contributed by atoms with Crippen molar-refractivity contribution in [2.24, 2.45) is 0 Å². The van der Waals surface area contributed by atoms with Crippen molar-refractivity contribution in [3.05, 3.63) is 131 Å². The predicted octanol–water partition coefficient (Wildman–Crippen LogP) is 0.925. The fourth-order valence-electron chi connectivity index (χ4n) is 4.64. The summed E-state index contributed by atoms with van der Waals surface area (Å²) in [6.07, 6.45) is -0.389. The van der Waals surface area contributed by atoms with Crippen LogP contribution >= 0.6 is 0 Å². The maximum atomic E-state index is 13.2. The molecule has 1 aromatic heterocycles. The van der Waals surface area contributed by atoms with E-state index < -0.39 is 54.3 Å². The summed E-state index contributed by atoms with van der Waals surface area (Å²) in [5.74, 6) is -1.80. The van der Waals surface area contributed by atoms with Crippen molar-refractivity contribution in [3.63, 3.8) is 0 Å². The molecule has 5 atom stereocenters. The second-order valence-corrected chi connectivity index (χ2v) is 10.4. The first kappa shape index (κ1) is 32.9. The molecule has 0 radical (unpaired) electrons. The molecule has 0 bridgehead atoms. The number of carbonyl (C=O) groups excluding carboxylic acids is 3. The molecular formula is C33H35N5O7. The molecule has 0 aliphatic carbocycles. The van der Waals surface area contributed by atoms with Crippen LogP contribution in [0.3, 0.4) is 0 Å². The normalized spacial score (nSPS) is 15.0. The summed E-state index contributed by atoms with van der Waals surface area (Å²) in [6.45, 7) is 0.792. The fourth-order valence-corrected chi connectivity index (χ4v) is 4.64. The number of benzene rings is 3. The van der Waals surface area contributed by atoms with E-state index in [1.165, 1.54) is 25.3 Å². The third-order valence-electron chi connectivity index (χ3n) is 7.12. The first-order valence-corrected chi connectivity index (χ1v) is 14.2. The lowest BCUT2D eigenvalue weighted by atomic mass is 9.94. The molecule has 0 aliphatic heterocycles. The third-order valence-corrected chi connectivity index (χ3v) is 7.12. The van der Waals surface area contributed by atoms with Gasteiger partial charge in [0.1, 0.15) is 11.7 Å². The van der Waals surface area contributed by atoms with Gasteiger partial charge in [0, 0.05) is 29.3 Å². The number of nitrogens with zero attached hydrogens (tertiary/aromatic N) is 2. The molecule has 1 unspecified atom stereocenters. The SMILES string of the molecule is C[C@H](O)[C@@H](NC(=O)c1ccccc1)C(O)(NC(=O)c1ccccc1)c1cnc(C[C@H](O)[C@@H](CO)NC(=O)c2ccccc2)cn1. The van der Waals surface area contributed by atoms with E-state index in [9.17, 15) is 34.8 Å². The smallest absolute Gasteiger partial charge is 0.253 e. The number of nitrogens with one attached hydrogen (secondary N) is 3. The van der Waals surface area contributed by atoms with Crippen molar-refractivity contribution in [2.75, 3.05) is 6.61 Å². The third kappa shape index (κ3) is 8.34. The Morgan fingerprint density at radius 1 is 0.733 bits per heavy atom. The number of rotatable bonds is 13. The molecule has 234 valence electrons. The molecule has 4 rings (SSSR count). The van der Waals surface area contributed by atoms with Crippen molar-refractivity contribution < 1.29 is 34.8 Å². The van der Waals surface area contributed by atoms with Crippen LogP contribution in [0.1, 0.15) is 49.4 Å². The highest BCUT2D eigenvalue weighted by Crippen LogP contribution is 2.24. The Bertz CT molecular complexity index is 1560. The summed E-state index contributed by atoms with van der Waals surface area (Å²) >= 11 is 0. The second-order valence-electron chi connectivity index (χ2n) is 10.4. The van der Waals surface area contributed by atoms with Crippen LogP contribution in [0, 0.1) is 0 Å². The highest BCUT2D eigenvalue weighted by Gasteiger charge is 2.45. The lowest BCUT2D eigenvalue weighted by molar-refractivity contribution is -0.0659. The van der Waals surface area contributed by atoms with Crippen molar-refractivity contribution in [1.29, 1.82) is 0 Å². The summed E-state index contributed by atoms with van der Waals surface area (Å²) in [5.41, 5.74) is -1.61. The zero-order valence-corrected chi connectivity index (χ0v) is 24.4. The lowest BCUT2D eigenvalue weighted by Crippen LogP contribution is -2.64. The van der Waals surface area contributed by atoms with Crippen LogP contribution < -0.4 is 16.0 Å². The summed E-state index contributed by atoms with van der Waals surface area (Å²) in [5, 5.41) is 51.0. The van der Waals surface area contributed by atoms with Gasteiger partial charge in [-0.2, -0.15) is 0 Å². The molecule has 45 heavy (non-hydrogen) atoms. The molecule has 4 aromatic rings. The summed E-state index contributed by atoms with van der Waals surface area (Å²) < 4.78 is 0. The van der Waals surface area contributed by atoms with Gasteiger partial charge in [0.05, 0.1) is 36.7 Å². The van der Waals surface area contributed by atoms with E-state index in [1.807, 2.05) is 0 Å². The Balaban J connectivity index is 1.58. The predicted molar refractivity (Wildman–Crippen MR) is 164 cm³/mol. The molecule has 0 aliphatic rings. The van der Waals surface area contributed by atoms with Crippen molar-refractivity contribution in [3.8, 4) is 0 Å². The van der Waals surface area contributed by atoms with E-state index in [-0.39, 0.29) is 28.9 Å². The number of amides is 3. The van der Waals surface area contributed by atoms with Gasteiger partial charge in [-0.3, -0.25) is 24.4 Å². The van der Waals surface area contributed by atoms with E-state index >= 15 is 0 Å².